The van der Waals surface area contributed by atoms with E-state index in [0.717, 1.165) is 78.6 Å². The molecule has 9 rings (SSSR count). The Morgan fingerprint density at radius 2 is 1.51 bits per heavy atom. The minimum atomic E-state index is -1.00. The second kappa shape index (κ2) is 14.6. The van der Waals surface area contributed by atoms with Crippen molar-refractivity contribution in [2.45, 2.75) is 33.2 Å². The maximum atomic E-state index is 14.6. The number of thiazole rings is 1. The van der Waals surface area contributed by atoms with Crippen molar-refractivity contribution in [3.05, 3.63) is 137 Å². The normalized spacial score (nSPS) is 13.6. The number of hydrogen-bond acceptors (Lipinski definition) is 9. The molecule has 0 saturated heterocycles. The average Bonchev–Trinajstić information content (AvgIpc) is 3.76. The maximum absolute atomic E-state index is 14.6. The van der Waals surface area contributed by atoms with Gasteiger partial charge in [0.1, 0.15) is 33.3 Å². The number of carbonyl (C=O) groups excluding carboxylic acids is 2. The van der Waals surface area contributed by atoms with E-state index in [1.54, 1.807) is 11.3 Å². The lowest BCUT2D eigenvalue weighted by molar-refractivity contribution is -0.123. The topological polar surface area (TPSA) is 118 Å². The van der Waals surface area contributed by atoms with E-state index >= 15 is 0 Å². The lowest BCUT2D eigenvalue weighted by Gasteiger charge is -2.45. The molecule has 2 aromatic heterocycles. The van der Waals surface area contributed by atoms with Gasteiger partial charge < -0.3 is 30.3 Å². The summed E-state index contributed by atoms with van der Waals surface area (Å²) in [6.45, 7) is 10.0. The van der Waals surface area contributed by atoms with Crippen molar-refractivity contribution in [2.24, 2.45) is 0 Å². The Labute approximate surface area is 334 Å². The van der Waals surface area contributed by atoms with Crippen LogP contribution in [-0.2, 0) is 10.3 Å². The number of ether oxygens (including phenoxy) is 2. The van der Waals surface area contributed by atoms with Gasteiger partial charge in [-0.2, -0.15) is 0 Å². The van der Waals surface area contributed by atoms with Gasteiger partial charge in [-0.15, -0.1) is 11.3 Å². The van der Waals surface area contributed by atoms with Crippen molar-refractivity contribution in [3.63, 3.8) is 0 Å². The number of benzene rings is 5. The Morgan fingerprint density at radius 3 is 2.23 bits per heavy atom. The largest absolute Gasteiger partial charge is 0.481 e. The number of nitrogens with one attached hydrogen (secondary N) is 3. The van der Waals surface area contributed by atoms with Crippen LogP contribution in [0.2, 0.25) is 0 Å². The molecule has 1 spiro atoms. The van der Waals surface area contributed by atoms with Crippen molar-refractivity contribution in [3.8, 4) is 28.0 Å². The number of fused-ring (bicyclic) bond motifs is 8. The minimum absolute atomic E-state index is 0.109. The van der Waals surface area contributed by atoms with Crippen molar-refractivity contribution in [1.29, 1.82) is 0 Å². The summed E-state index contributed by atoms with van der Waals surface area (Å²) >= 11 is 1.59. The van der Waals surface area contributed by atoms with Gasteiger partial charge >= 0.3 is 0 Å². The summed E-state index contributed by atoms with van der Waals surface area (Å²) in [6, 6.07) is 33.8. The van der Waals surface area contributed by atoms with Gasteiger partial charge in [0, 0.05) is 71.8 Å². The second-order valence-corrected chi connectivity index (χ2v) is 15.4. The fraction of sp³-hybridized carbons (Fsp3) is 0.217. The Kier molecular flexibility index (Phi) is 9.24. The van der Waals surface area contributed by atoms with Crippen LogP contribution in [0.25, 0.3) is 31.8 Å². The number of aromatic nitrogens is 2. The van der Waals surface area contributed by atoms with Crippen LogP contribution in [0.15, 0.2) is 103 Å². The molecule has 2 amide bonds. The monoisotopic (exact) mass is 774 g/mol. The fourth-order valence-electron chi connectivity index (χ4n) is 8.25. The molecule has 11 heteroatoms. The summed E-state index contributed by atoms with van der Waals surface area (Å²) in [5.74, 6) is 1.44. The van der Waals surface area contributed by atoms with Gasteiger partial charge in [0.15, 0.2) is 6.61 Å². The molecule has 0 fully saturated rings. The molecule has 0 radical (unpaired) electrons. The molecule has 2 aliphatic heterocycles. The zero-order valence-electron chi connectivity index (χ0n) is 32.2. The summed E-state index contributed by atoms with van der Waals surface area (Å²) in [5, 5.41) is 11.7. The van der Waals surface area contributed by atoms with Gasteiger partial charge in [-0.1, -0.05) is 48.5 Å². The number of carbonyl (C=O) groups is 2. The summed E-state index contributed by atoms with van der Waals surface area (Å²) < 4.78 is 13.9. The molecule has 0 saturated carbocycles. The number of aryl methyl sites for hydroxylation is 2. The Morgan fingerprint density at radius 1 is 0.807 bits per heavy atom. The number of hydrogen-bond donors (Lipinski definition) is 3. The van der Waals surface area contributed by atoms with Crippen molar-refractivity contribution >= 4 is 55.6 Å². The highest BCUT2D eigenvalue weighted by Gasteiger charge is 2.56. The van der Waals surface area contributed by atoms with Gasteiger partial charge in [0.25, 0.3) is 11.8 Å². The second-order valence-electron chi connectivity index (χ2n) is 14.4. The molecular weight excluding hydrogens is 733 g/mol. The highest BCUT2D eigenvalue weighted by atomic mass is 32.1. The summed E-state index contributed by atoms with van der Waals surface area (Å²) in [7, 11) is 0. The SMILES string of the molecule is CCNc1cc2c(cc1C)C1(c3cc(C)c(NCC)cc3O2)c2ccccc2C(=O)N1CCNC(=O)COc1cccc2ccc(-c3nc4ccccc4s3)nc12. The molecule has 10 nitrogen and oxygen atoms in total. The van der Waals surface area contributed by atoms with Crippen molar-refractivity contribution < 1.29 is 19.1 Å². The first-order valence-electron chi connectivity index (χ1n) is 19.3. The van der Waals surface area contributed by atoms with Crippen molar-refractivity contribution in [1.82, 2.24) is 20.2 Å². The van der Waals surface area contributed by atoms with Crippen LogP contribution in [0.1, 0.15) is 52.0 Å². The van der Waals surface area contributed by atoms with E-state index < -0.39 is 5.54 Å². The number of pyridine rings is 1. The molecule has 3 N–H and O–H groups in total. The predicted octanol–water partition coefficient (Wildman–Crippen LogP) is 9.04. The van der Waals surface area contributed by atoms with Gasteiger partial charge in [0.2, 0.25) is 0 Å². The van der Waals surface area contributed by atoms with Crippen LogP contribution in [0.4, 0.5) is 11.4 Å². The first kappa shape index (κ1) is 36.2. The Hall–Kier alpha value is -6.46. The maximum Gasteiger partial charge on any atom is 0.258 e. The smallest absolute Gasteiger partial charge is 0.258 e. The van der Waals surface area contributed by atoms with E-state index in [-0.39, 0.29) is 31.5 Å². The first-order valence-corrected chi connectivity index (χ1v) is 20.1. The van der Waals surface area contributed by atoms with E-state index in [0.29, 0.717) is 28.3 Å². The summed E-state index contributed by atoms with van der Waals surface area (Å²) in [5.41, 5.74) is 8.62. The van der Waals surface area contributed by atoms with Crippen LogP contribution >= 0.6 is 11.3 Å². The lowest BCUT2D eigenvalue weighted by atomic mass is 9.73. The van der Waals surface area contributed by atoms with Gasteiger partial charge in [-0.3, -0.25) is 9.59 Å². The average molecular weight is 775 g/mol. The number of nitrogens with zero attached hydrogens (tertiary/aromatic N) is 3. The van der Waals surface area contributed by atoms with E-state index in [1.165, 1.54) is 0 Å². The first-order chi connectivity index (χ1) is 27.8. The Balaban J connectivity index is 1.01. The van der Waals surface area contributed by atoms with Crippen LogP contribution in [0.5, 0.6) is 17.2 Å². The molecule has 0 bridgehead atoms. The van der Waals surface area contributed by atoms with Gasteiger partial charge in [-0.25, -0.2) is 9.97 Å². The van der Waals surface area contributed by atoms with E-state index in [1.807, 2.05) is 95.9 Å². The van der Waals surface area contributed by atoms with Gasteiger partial charge in [-0.05, 0) is 86.8 Å². The van der Waals surface area contributed by atoms with E-state index in [2.05, 4.69) is 55.8 Å². The third-order valence-electron chi connectivity index (χ3n) is 10.8. The quantitative estimate of drug-likeness (QED) is 0.119. The molecule has 5 aromatic carbocycles. The molecule has 0 aliphatic carbocycles. The molecule has 57 heavy (non-hydrogen) atoms. The van der Waals surface area contributed by atoms with Crippen LogP contribution in [-0.4, -0.2) is 59.5 Å². The highest BCUT2D eigenvalue weighted by molar-refractivity contribution is 7.21. The Bertz CT molecular complexity index is 2630. The molecule has 0 unspecified atom stereocenters. The van der Waals surface area contributed by atoms with Crippen molar-refractivity contribution in [2.75, 3.05) is 43.4 Å². The highest BCUT2D eigenvalue weighted by Crippen LogP contribution is 2.58. The molecule has 286 valence electrons. The lowest BCUT2D eigenvalue weighted by Crippen LogP contribution is -2.50. The molecule has 2 aliphatic rings. The number of anilines is 2. The van der Waals surface area contributed by atoms with E-state index in [9.17, 15) is 9.59 Å². The summed E-state index contributed by atoms with van der Waals surface area (Å²) in [4.78, 5) is 39.7. The predicted molar refractivity (Wildman–Crippen MR) is 227 cm³/mol. The number of para-hydroxylation sites is 2. The molecule has 7 aromatic rings. The number of amides is 2. The zero-order valence-corrected chi connectivity index (χ0v) is 33.0. The van der Waals surface area contributed by atoms with E-state index in [4.69, 9.17) is 19.4 Å². The van der Waals surface area contributed by atoms with Gasteiger partial charge in [0.05, 0.1) is 15.9 Å². The minimum Gasteiger partial charge on any atom is -0.481 e. The fourth-order valence-corrected chi connectivity index (χ4v) is 9.19. The third kappa shape index (κ3) is 6.09. The van der Waals surface area contributed by atoms with Crippen LogP contribution in [0, 0.1) is 13.8 Å². The molecular formula is C46H42N6O4S. The third-order valence-corrected chi connectivity index (χ3v) is 11.9. The molecule has 0 atom stereocenters. The number of rotatable bonds is 11. The van der Waals surface area contributed by atoms with Crippen LogP contribution < -0.4 is 25.4 Å². The standard InChI is InChI=1S/C46H42N6O4S/c1-5-47-36-24-39-32(22-27(36)3)46(33-23-28(4)37(48-6-2)25-40(33)56-39)31-14-8-7-13-30(31)45(54)52(46)21-20-49-42(53)26-55-38-16-11-12-29-18-19-35(50-43(29)38)44-51-34-15-9-10-17-41(34)57-44/h7-19,22-25,47-48H,5-6,20-21,26H2,1-4H3,(H,49,53). The molecule has 4 heterocycles. The zero-order chi connectivity index (χ0) is 39.3. The summed E-state index contributed by atoms with van der Waals surface area (Å²) in [6.07, 6.45) is 0. The van der Waals surface area contributed by atoms with Crippen LogP contribution in [0.3, 0.4) is 0 Å².